The third-order valence-electron chi connectivity index (χ3n) is 5.39. The van der Waals surface area contributed by atoms with Gasteiger partial charge in [0.2, 0.25) is 5.91 Å². The highest BCUT2D eigenvalue weighted by atomic mass is 16.5. The SMILES string of the molecule is CO[C@@H]1C[C@H](O)C12CCN(C(=O)CCc1ccccn1)CC2. The molecule has 1 saturated carbocycles. The lowest BCUT2D eigenvalue weighted by atomic mass is 9.58. The molecule has 0 unspecified atom stereocenters. The van der Waals surface area contributed by atoms with E-state index in [4.69, 9.17) is 4.74 Å². The molecule has 22 heavy (non-hydrogen) atoms. The summed E-state index contributed by atoms with van der Waals surface area (Å²) in [6.45, 7) is 1.44. The molecule has 5 nitrogen and oxygen atoms in total. The van der Waals surface area contributed by atoms with Crippen molar-refractivity contribution in [3.63, 3.8) is 0 Å². The van der Waals surface area contributed by atoms with E-state index in [9.17, 15) is 9.90 Å². The Kier molecular flexibility index (Phi) is 4.45. The van der Waals surface area contributed by atoms with Gasteiger partial charge in [0.25, 0.3) is 0 Å². The van der Waals surface area contributed by atoms with E-state index in [-0.39, 0.29) is 23.5 Å². The van der Waals surface area contributed by atoms with E-state index >= 15 is 0 Å². The number of pyridine rings is 1. The molecule has 3 rings (SSSR count). The summed E-state index contributed by atoms with van der Waals surface area (Å²) in [5.41, 5.74) is 0.838. The van der Waals surface area contributed by atoms with Crippen molar-refractivity contribution >= 4 is 5.91 Å². The zero-order valence-electron chi connectivity index (χ0n) is 13.1. The van der Waals surface area contributed by atoms with E-state index < -0.39 is 0 Å². The van der Waals surface area contributed by atoms with Crippen LogP contribution in [0, 0.1) is 5.41 Å². The zero-order chi connectivity index (χ0) is 15.6. The topological polar surface area (TPSA) is 62.7 Å². The number of amides is 1. The Labute approximate surface area is 131 Å². The first-order valence-corrected chi connectivity index (χ1v) is 8.04. The van der Waals surface area contributed by atoms with Crippen LogP contribution in [0.2, 0.25) is 0 Å². The van der Waals surface area contributed by atoms with Crippen LogP contribution < -0.4 is 0 Å². The molecule has 0 radical (unpaired) electrons. The molecule has 2 atom stereocenters. The van der Waals surface area contributed by atoms with E-state index in [1.807, 2.05) is 23.1 Å². The quantitative estimate of drug-likeness (QED) is 0.913. The maximum absolute atomic E-state index is 12.3. The highest BCUT2D eigenvalue weighted by Gasteiger charge is 2.56. The highest BCUT2D eigenvalue weighted by Crippen LogP contribution is 2.50. The van der Waals surface area contributed by atoms with Crippen LogP contribution in [0.5, 0.6) is 0 Å². The maximum atomic E-state index is 12.3. The second-order valence-corrected chi connectivity index (χ2v) is 6.41. The number of methoxy groups -OCH3 is 1. The largest absolute Gasteiger partial charge is 0.392 e. The molecular weight excluding hydrogens is 280 g/mol. The monoisotopic (exact) mass is 304 g/mol. The molecule has 120 valence electrons. The molecular formula is C17H24N2O3. The van der Waals surface area contributed by atoms with E-state index in [1.54, 1.807) is 13.3 Å². The van der Waals surface area contributed by atoms with Crippen molar-refractivity contribution in [2.45, 2.75) is 44.3 Å². The zero-order valence-corrected chi connectivity index (χ0v) is 13.1. The average molecular weight is 304 g/mol. The van der Waals surface area contributed by atoms with Gasteiger partial charge in [-0.05, 0) is 31.4 Å². The van der Waals surface area contributed by atoms with Gasteiger partial charge in [0.05, 0.1) is 12.2 Å². The van der Waals surface area contributed by atoms with Gasteiger partial charge in [-0.2, -0.15) is 0 Å². The van der Waals surface area contributed by atoms with Crippen molar-refractivity contribution in [1.29, 1.82) is 0 Å². The van der Waals surface area contributed by atoms with Crippen molar-refractivity contribution in [3.05, 3.63) is 30.1 Å². The first kappa shape index (κ1) is 15.4. The summed E-state index contributed by atoms with van der Waals surface area (Å²) < 4.78 is 5.48. The molecule has 2 heterocycles. The number of aliphatic hydroxyl groups excluding tert-OH is 1. The van der Waals surface area contributed by atoms with Crippen LogP contribution in [0.1, 0.15) is 31.4 Å². The van der Waals surface area contributed by atoms with Crippen LogP contribution in [0.15, 0.2) is 24.4 Å². The Bertz CT molecular complexity index is 512. The van der Waals surface area contributed by atoms with Crippen LogP contribution in [-0.4, -0.2) is 53.3 Å². The van der Waals surface area contributed by atoms with Crippen LogP contribution in [0.4, 0.5) is 0 Å². The highest BCUT2D eigenvalue weighted by molar-refractivity contribution is 5.76. The number of likely N-dealkylation sites (tertiary alicyclic amines) is 1. The number of ether oxygens (including phenoxy) is 1. The molecule has 1 aromatic heterocycles. The lowest BCUT2D eigenvalue weighted by Crippen LogP contribution is -2.62. The van der Waals surface area contributed by atoms with Crippen molar-refractivity contribution < 1.29 is 14.6 Å². The Hall–Kier alpha value is -1.46. The van der Waals surface area contributed by atoms with Gasteiger partial charge in [0.15, 0.2) is 0 Å². The number of carbonyl (C=O) groups excluding carboxylic acids is 1. The lowest BCUT2D eigenvalue weighted by molar-refractivity contribution is -0.202. The summed E-state index contributed by atoms with van der Waals surface area (Å²) in [5.74, 6) is 0.184. The third kappa shape index (κ3) is 2.75. The van der Waals surface area contributed by atoms with Gasteiger partial charge in [-0.1, -0.05) is 6.07 Å². The Balaban J connectivity index is 1.50. The van der Waals surface area contributed by atoms with Gasteiger partial charge in [-0.3, -0.25) is 9.78 Å². The van der Waals surface area contributed by atoms with Crippen LogP contribution >= 0.6 is 0 Å². The van der Waals surface area contributed by atoms with Crippen LogP contribution in [0.3, 0.4) is 0 Å². The van der Waals surface area contributed by atoms with Gasteiger partial charge in [-0.25, -0.2) is 0 Å². The maximum Gasteiger partial charge on any atom is 0.222 e. The minimum absolute atomic E-state index is 0.119. The molecule has 0 aromatic carbocycles. The summed E-state index contributed by atoms with van der Waals surface area (Å²) >= 11 is 0. The van der Waals surface area contributed by atoms with Gasteiger partial charge in [0, 0.05) is 50.3 Å². The predicted molar refractivity (Wildman–Crippen MR) is 82.2 cm³/mol. The van der Waals surface area contributed by atoms with Crippen molar-refractivity contribution in [1.82, 2.24) is 9.88 Å². The second-order valence-electron chi connectivity index (χ2n) is 6.41. The molecule has 1 aromatic rings. The van der Waals surface area contributed by atoms with Crippen molar-refractivity contribution in [2.24, 2.45) is 5.41 Å². The molecule has 5 heteroatoms. The molecule has 1 saturated heterocycles. The van der Waals surface area contributed by atoms with Crippen LogP contribution in [0.25, 0.3) is 0 Å². The number of aliphatic hydroxyl groups is 1. The minimum atomic E-state index is -0.275. The normalized spacial score (nSPS) is 26.7. The molecule has 1 spiro atoms. The number of nitrogens with zero attached hydrogens (tertiary/aromatic N) is 2. The molecule has 1 amide bonds. The fourth-order valence-corrected chi connectivity index (χ4v) is 3.82. The molecule has 0 bridgehead atoms. The van der Waals surface area contributed by atoms with Crippen molar-refractivity contribution in [3.8, 4) is 0 Å². The first-order valence-electron chi connectivity index (χ1n) is 8.04. The van der Waals surface area contributed by atoms with Gasteiger partial charge in [0.1, 0.15) is 0 Å². The lowest BCUT2D eigenvalue weighted by Gasteiger charge is -2.56. The van der Waals surface area contributed by atoms with Crippen LogP contribution in [-0.2, 0) is 16.0 Å². The van der Waals surface area contributed by atoms with E-state index in [2.05, 4.69) is 4.98 Å². The Morgan fingerprint density at radius 3 is 2.82 bits per heavy atom. The number of piperidine rings is 1. The second kappa shape index (κ2) is 6.34. The van der Waals surface area contributed by atoms with E-state index in [1.165, 1.54) is 0 Å². The number of rotatable bonds is 4. The van der Waals surface area contributed by atoms with Gasteiger partial charge < -0.3 is 14.7 Å². The van der Waals surface area contributed by atoms with Gasteiger partial charge >= 0.3 is 0 Å². The Morgan fingerprint density at radius 1 is 1.45 bits per heavy atom. The summed E-state index contributed by atoms with van der Waals surface area (Å²) in [6, 6.07) is 5.78. The molecule has 1 N–H and O–H groups in total. The number of hydrogen-bond acceptors (Lipinski definition) is 4. The summed E-state index contributed by atoms with van der Waals surface area (Å²) in [5, 5.41) is 10.1. The first-order chi connectivity index (χ1) is 10.7. The average Bonchev–Trinajstić information content (AvgIpc) is 2.58. The van der Waals surface area contributed by atoms with Gasteiger partial charge in [-0.15, -0.1) is 0 Å². The molecule has 1 aliphatic heterocycles. The predicted octanol–water partition coefficient (Wildman–Crippen LogP) is 1.40. The van der Waals surface area contributed by atoms with E-state index in [0.29, 0.717) is 12.8 Å². The number of hydrogen-bond donors (Lipinski definition) is 1. The molecule has 2 fully saturated rings. The smallest absolute Gasteiger partial charge is 0.222 e. The molecule has 2 aliphatic rings. The number of aromatic nitrogens is 1. The summed E-state index contributed by atoms with van der Waals surface area (Å²) in [6.07, 6.45) is 5.21. The minimum Gasteiger partial charge on any atom is -0.392 e. The Morgan fingerprint density at radius 2 is 2.23 bits per heavy atom. The standard InChI is InChI=1S/C17H24N2O3/c1-22-15-12-14(20)17(15)7-10-19(11-8-17)16(21)6-5-13-4-2-3-9-18-13/h2-4,9,14-15,20H,5-8,10-12H2,1H3/t14-,15+/m0/s1. The summed E-state index contributed by atoms with van der Waals surface area (Å²) in [7, 11) is 1.71. The number of aryl methyl sites for hydroxylation is 1. The summed E-state index contributed by atoms with van der Waals surface area (Å²) in [4.78, 5) is 18.5. The van der Waals surface area contributed by atoms with Crippen molar-refractivity contribution in [2.75, 3.05) is 20.2 Å². The third-order valence-corrected chi connectivity index (χ3v) is 5.39. The number of carbonyl (C=O) groups is 1. The fraction of sp³-hybridized carbons (Fsp3) is 0.647. The fourth-order valence-electron chi connectivity index (χ4n) is 3.82. The van der Waals surface area contributed by atoms with E-state index in [0.717, 1.165) is 38.0 Å². The molecule has 1 aliphatic carbocycles.